The first kappa shape index (κ1) is 15.4. The minimum atomic E-state index is -3.29. The highest BCUT2D eigenvalue weighted by atomic mass is 35.5. The Hall–Kier alpha value is -0.980. The van der Waals surface area contributed by atoms with Crippen molar-refractivity contribution in [2.24, 2.45) is 5.92 Å². The second kappa shape index (κ2) is 6.20. The van der Waals surface area contributed by atoms with E-state index in [9.17, 15) is 8.42 Å². The summed E-state index contributed by atoms with van der Waals surface area (Å²) in [5, 5.41) is 3.90. The first-order chi connectivity index (χ1) is 9.35. The minimum absolute atomic E-state index is 0.212. The molecule has 1 aliphatic rings. The zero-order valence-electron chi connectivity index (χ0n) is 11.5. The monoisotopic (exact) mass is 318 g/mol. The summed E-state index contributed by atoms with van der Waals surface area (Å²) in [5.74, 6) is 0.442. The van der Waals surface area contributed by atoms with Crippen molar-refractivity contribution in [3.8, 4) is 0 Å². The quantitative estimate of drug-likeness (QED) is 0.875. The van der Waals surface area contributed by atoms with Gasteiger partial charge >= 0.3 is 0 Å². The Bertz CT molecular complexity index is 571. The standard InChI is InChI=1S/C13H19ClN2O3S/c1-9(10-5-6-19-8-10)15-13-7-11(3-4-12(13)14)16-20(2,17)18/h3-4,7,9-10,15-16H,5-6,8H2,1-2H3. The van der Waals surface area contributed by atoms with Crippen LogP contribution in [0.3, 0.4) is 0 Å². The van der Waals surface area contributed by atoms with E-state index < -0.39 is 10.0 Å². The first-order valence-electron chi connectivity index (χ1n) is 6.47. The maximum Gasteiger partial charge on any atom is 0.229 e. The van der Waals surface area contributed by atoms with Crippen LogP contribution in [-0.4, -0.2) is 33.9 Å². The van der Waals surface area contributed by atoms with E-state index in [0.29, 0.717) is 16.6 Å². The van der Waals surface area contributed by atoms with Crippen LogP contribution in [0.15, 0.2) is 18.2 Å². The number of benzene rings is 1. The van der Waals surface area contributed by atoms with Crippen LogP contribution < -0.4 is 10.0 Å². The Kier molecular flexibility index (Phi) is 4.78. The average Bonchev–Trinajstić information content (AvgIpc) is 2.85. The molecule has 2 rings (SSSR count). The number of ether oxygens (including phenoxy) is 1. The number of sulfonamides is 1. The van der Waals surface area contributed by atoms with Crippen molar-refractivity contribution in [1.82, 2.24) is 0 Å². The molecular weight excluding hydrogens is 300 g/mol. The summed E-state index contributed by atoms with van der Waals surface area (Å²) in [7, 11) is -3.29. The molecule has 0 amide bonds. The van der Waals surface area contributed by atoms with Crippen molar-refractivity contribution in [2.75, 3.05) is 29.5 Å². The third-order valence-corrected chi connectivity index (χ3v) is 4.26. The van der Waals surface area contributed by atoms with E-state index in [-0.39, 0.29) is 6.04 Å². The van der Waals surface area contributed by atoms with Crippen LogP contribution >= 0.6 is 11.6 Å². The molecule has 1 aromatic rings. The van der Waals surface area contributed by atoms with Gasteiger partial charge in [-0.2, -0.15) is 0 Å². The van der Waals surface area contributed by atoms with E-state index in [1.807, 2.05) is 0 Å². The first-order valence-corrected chi connectivity index (χ1v) is 8.74. The summed E-state index contributed by atoms with van der Waals surface area (Å²) in [6.07, 6.45) is 2.14. The molecule has 2 atom stereocenters. The normalized spacial score (nSPS) is 20.6. The van der Waals surface area contributed by atoms with Gasteiger partial charge in [0.2, 0.25) is 10.0 Å². The predicted molar refractivity (Wildman–Crippen MR) is 81.9 cm³/mol. The zero-order chi connectivity index (χ0) is 14.8. The minimum Gasteiger partial charge on any atom is -0.381 e. The van der Waals surface area contributed by atoms with Gasteiger partial charge in [0.25, 0.3) is 0 Å². The molecule has 2 N–H and O–H groups in total. The highest BCUT2D eigenvalue weighted by molar-refractivity contribution is 7.92. The van der Waals surface area contributed by atoms with Crippen LogP contribution in [0, 0.1) is 5.92 Å². The Morgan fingerprint density at radius 2 is 2.20 bits per heavy atom. The van der Waals surface area contributed by atoms with Gasteiger partial charge in [-0.05, 0) is 31.5 Å². The average molecular weight is 319 g/mol. The Balaban J connectivity index is 2.11. The molecule has 0 aromatic heterocycles. The van der Waals surface area contributed by atoms with Gasteiger partial charge in [-0.3, -0.25) is 4.72 Å². The molecule has 1 aromatic carbocycles. The van der Waals surface area contributed by atoms with Gasteiger partial charge < -0.3 is 10.1 Å². The van der Waals surface area contributed by atoms with E-state index in [2.05, 4.69) is 17.0 Å². The highest BCUT2D eigenvalue weighted by Crippen LogP contribution is 2.28. The summed E-state index contributed by atoms with van der Waals surface area (Å²) < 4.78 is 30.3. The summed E-state index contributed by atoms with van der Waals surface area (Å²) in [6.45, 7) is 3.61. The Labute approximate surface area is 124 Å². The van der Waals surface area contributed by atoms with Crippen molar-refractivity contribution in [3.63, 3.8) is 0 Å². The smallest absolute Gasteiger partial charge is 0.229 e. The number of hydrogen-bond acceptors (Lipinski definition) is 4. The third-order valence-electron chi connectivity index (χ3n) is 3.32. The number of hydrogen-bond donors (Lipinski definition) is 2. The lowest BCUT2D eigenvalue weighted by molar-refractivity contribution is 0.183. The molecule has 112 valence electrons. The van der Waals surface area contributed by atoms with Gasteiger partial charge in [0, 0.05) is 18.6 Å². The molecule has 1 aliphatic heterocycles. The molecule has 0 aliphatic carbocycles. The van der Waals surface area contributed by atoms with E-state index in [4.69, 9.17) is 16.3 Å². The van der Waals surface area contributed by atoms with Gasteiger partial charge in [-0.25, -0.2) is 8.42 Å². The van der Waals surface area contributed by atoms with Crippen LogP contribution in [0.1, 0.15) is 13.3 Å². The molecular formula is C13H19ClN2O3S. The van der Waals surface area contributed by atoms with Gasteiger partial charge in [0.05, 0.1) is 29.3 Å². The Morgan fingerprint density at radius 3 is 2.80 bits per heavy atom. The number of halogens is 1. The Morgan fingerprint density at radius 1 is 1.45 bits per heavy atom. The molecule has 0 saturated carbocycles. The van der Waals surface area contributed by atoms with Crippen molar-refractivity contribution in [3.05, 3.63) is 23.2 Å². The lowest BCUT2D eigenvalue weighted by Crippen LogP contribution is -2.26. The maximum absolute atomic E-state index is 11.2. The van der Waals surface area contributed by atoms with Crippen LogP contribution in [0.25, 0.3) is 0 Å². The van der Waals surface area contributed by atoms with Crippen LogP contribution in [0.5, 0.6) is 0 Å². The lowest BCUT2D eigenvalue weighted by Gasteiger charge is -2.21. The second-order valence-corrected chi connectivity index (χ2v) is 7.28. The highest BCUT2D eigenvalue weighted by Gasteiger charge is 2.22. The number of anilines is 2. The molecule has 1 heterocycles. The van der Waals surface area contributed by atoms with E-state index in [1.165, 1.54) is 0 Å². The predicted octanol–water partition coefficient (Wildman–Crippen LogP) is 2.55. The molecule has 0 spiro atoms. The van der Waals surface area contributed by atoms with E-state index in [1.54, 1.807) is 18.2 Å². The van der Waals surface area contributed by atoms with E-state index >= 15 is 0 Å². The molecule has 0 bridgehead atoms. The molecule has 0 radical (unpaired) electrons. The van der Waals surface area contributed by atoms with Crippen LogP contribution in [-0.2, 0) is 14.8 Å². The largest absolute Gasteiger partial charge is 0.381 e. The van der Waals surface area contributed by atoms with Crippen molar-refractivity contribution >= 4 is 33.0 Å². The fourth-order valence-electron chi connectivity index (χ4n) is 2.22. The van der Waals surface area contributed by atoms with E-state index in [0.717, 1.165) is 31.6 Å². The lowest BCUT2D eigenvalue weighted by atomic mass is 10.0. The number of nitrogens with one attached hydrogen (secondary N) is 2. The summed E-state index contributed by atoms with van der Waals surface area (Å²) in [4.78, 5) is 0. The molecule has 20 heavy (non-hydrogen) atoms. The van der Waals surface area contributed by atoms with Crippen molar-refractivity contribution < 1.29 is 13.2 Å². The molecule has 2 unspecified atom stereocenters. The van der Waals surface area contributed by atoms with Crippen LogP contribution in [0.2, 0.25) is 5.02 Å². The molecule has 1 saturated heterocycles. The van der Waals surface area contributed by atoms with Crippen LogP contribution in [0.4, 0.5) is 11.4 Å². The summed E-state index contributed by atoms with van der Waals surface area (Å²) in [6, 6.07) is 5.23. The summed E-state index contributed by atoms with van der Waals surface area (Å²) in [5.41, 5.74) is 1.22. The van der Waals surface area contributed by atoms with Crippen molar-refractivity contribution in [2.45, 2.75) is 19.4 Å². The van der Waals surface area contributed by atoms with Gasteiger partial charge in [-0.1, -0.05) is 11.6 Å². The molecule has 5 nitrogen and oxygen atoms in total. The SMILES string of the molecule is CC(Nc1cc(NS(C)(=O)=O)ccc1Cl)C1CCOC1. The fraction of sp³-hybridized carbons (Fsp3) is 0.538. The maximum atomic E-state index is 11.2. The fourth-order valence-corrected chi connectivity index (χ4v) is 2.95. The molecule has 7 heteroatoms. The second-order valence-electron chi connectivity index (χ2n) is 5.13. The van der Waals surface area contributed by atoms with Gasteiger partial charge in [-0.15, -0.1) is 0 Å². The van der Waals surface area contributed by atoms with Crippen molar-refractivity contribution in [1.29, 1.82) is 0 Å². The molecule has 1 fully saturated rings. The summed E-state index contributed by atoms with van der Waals surface area (Å²) >= 11 is 6.15. The van der Waals surface area contributed by atoms with Gasteiger partial charge in [0.1, 0.15) is 0 Å². The third kappa shape index (κ3) is 4.26. The topological polar surface area (TPSA) is 67.4 Å². The number of rotatable bonds is 5. The van der Waals surface area contributed by atoms with Gasteiger partial charge in [0.15, 0.2) is 0 Å². The zero-order valence-corrected chi connectivity index (χ0v) is 13.1.